The van der Waals surface area contributed by atoms with Crippen LogP contribution in [0, 0.1) is 6.92 Å². The average Bonchev–Trinajstić information content (AvgIpc) is 2.98. The average molecular weight is 372 g/mol. The highest BCUT2D eigenvalue weighted by Gasteiger charge is 2.48. The summed E-state index contributed by atoms with van der Waals surface area (Å²) in [7, 11) is -5.66. The van der Waals surface area contributed by atoms with E-state index >= 15 is 0 Å². The maximum Gasteiger partial charge on any atom is 0.534 e. The highest BCUT2D eigenvalue weighted by atomic mass is 32.2. The summed E-state index contributed by atoms with van der Waals surface area (Å²) in [6, 6.07) is 11.3. The first-order chi connectivity index (χ1) is 11.2. The fraction of sp³-hybridized carbons (Fsp3) is 0.125. The lowest BCUT2D eigenvalue weighted by atomic mass is 10.0. The van der Waals surface area contributed by atoms with Crippen molar-refractivity contribution in [2.24, 2.45) is 0 Å². The molecule has 0 radical (unpaired) electrons. The van der Waals surface area contributed by atoms with Gasteiger partial charge in [0.05, 0.1) is 0 Å². The number of rotatable bonds is 3. The van der Waals surface area contributed by atoms with Crippen LogP contribution in [-0.2, 0) is 10.1 Å². The highest BCUT2D eigenvalue weighted by Crippen LogP contribution is 2.35. The van der Waals surface area contributed by atoms with Gasteiger partial charge in [0.2, 0.25) is 0 Å². The molecule has 24 heavy (non-hydrogen) atoms. The van der Waals surface area contributed by atoms with E-state index in [-0.39, 0.29) is 5.75 Å². The van der Waals surface area contributed by atoms with Crippen molar-refractivity contribution in [2.45, 2.75) is 12.4 Å². The monoisotopic (exact) mass is 372 g/mol. The van der Waals surface area contributed by atoms with E-state index in [9.17, 15) is 21.6 Å². The Morgan fingerprint density at radius 1 is 1.00 bits per heavy atom. The molecule has 0 amide bonds. The van der Waals surface area contributed by atoms with Gasteiger partial charge in [0, 0.05) is 10.1 Å². The lowest BCUT2D eigenvalue weighted by molar-refractivity contribution is -0.0500. The van der Waals surface area contributed by atoms with Gasteiger partial charge in [-0.1, -0.05) is 24.3 Å². The lowest BCUT2D eigenvalue weighted by Gasteiger charge is -2.10. The van der Waals surface area contributed by atoms with E-state index in [1.165, 1.54) is 24.3 Å². The standard InChI is InChI=1S/C16H11F3O3S2/c1-10-2-7-13(14-8-9-23-15(10)14)11-3-5-12(6-4-11)22-24(20,21)16(17,18)19/h2-9H,1H3. The van der Waals surface area contributed by atoms with E-state index in [1.54, 1.807) is 11.3 Å². The second-order valence-electron chi connectivity index (χ2n) is 5.10. The third kappa shape index (κ3) is 2.99. The zero-order valence-electron chi connectivity index (χ0n) is 12.3. The van der Waals surface area contributed by atoms with Crippen molar-refractivity contribution in [2.75, 3.05) is 0 Å². The van der Waals surface area contributed by atoms with Crippen LogP contribution in [0.25, 0.3) is 21.2 Å². The lowest BCUT2D eigenvalue weighted by Crippen LogP contribution is -2.28. The third-order valence-corrected chi connectivity index (χ3v) is 5.50. The van der Waals surface area contributed by atoms with E-state index in [1.807, 2.05) is 30.5 Å². The molecule has 0 aliphatic carbocycles. The van der Waals surface area contributed by atoms with Crippen molar-refractivity contribution in [3.8, 4) is 16.9 Å². The van der Waals surface area contributed by atoms with E-state index in [4.69, 9.17) is 0 Å². The summed E-state index contributed by atoms with van der Waals surface area (Å²) in [6.07, 6.45) is 0. The van der Waals surface area contributed by atoms with E-state index in [0.717, 1.165) is 26.8 Å². The summed E-state index contributed by atoms with van der Waals surface area (Å²) >= 11 is 1.61. The van der Waals surface area contributed by atoms with Crippen LogP contribution in [0.5, 0.6) is 5.75 Å². The molecule has 3 rings (SSSR count). The first-order valence-electron chi connectivity index (χ1n) is 6.77. The number of halogens is 3. The molecule has 1 heterocycles. The molecule has 8 heteroatoms. The normalized spacial score (nSPS) is 12.5. The van der Waals surface area contributed by atoms with Gasteiger partial charge in [0.1, 0.15) is 5.75 Å². The molecular formula is C16H11F3O3S2. The first-order valence-corrected chi connectivity index (χ1v) is 9.06. The topological polar surface area (TPSA) is 43.4 Å². The quantitative estimate of drug-likeness (QED) is 0.474. The SMILES string of the molecule is Cc1ccc(-c2ccc(OS(=O)(=O)C(F)(F)F)cc2)c2ccsc12. The molecule has 0 unspecified atom stereocenters. The number of hydrogen-bond acceptors (Lipinski definition) is 4. The number of alkyl halides is 3. The van der Waals surface area contributed by atoms with Gasteiger partial charge < -0.3 is 4.18 Å². The summed E-state index contributed by atoms with van der Waals surface area (Å²) in [6.45, 7) is 2.00. The summed E-state index contributed by atoms with van der Waals surface area (Å²) in [5.74, 6) is -0.384. The maximum absolute atomic E-state index is 12.3. The molecule has 1 aromatic heterocycles. The third-order valence-electron chi connectivity index (χ3n) is 3.47. The Morgan fingerprint density at radius 2 is 1.67 bits per heavy atom. The van der Waals surface area contributed by atoms with Gasteiger partial charge in [-0.3, -0.25) is 0 Å². The number of aryl methyl sites for hydroxylation is 1. The van der Waals surface area contributed by atoms with Gasteiger partial charge in [-0.25, -0.2) is 0 Å². The maximum atomic E-state index is 12.3. The molecule has 3 nitrogen and oxygen atoms in total. The van der Waals surface area contributed by atoms with Crippen LogP contribution >= 0.6 is 11.3 Å². The minimum atomic E-state index is -5.66. The van der Waals surface area contributed by atoms with E-state index in [2.05, 4.69) is 4.18 Å². The predicted octanol–water partition coefficient (Wildman–Crippen LogP) is 5.11. The van der Waals surface area contributed by atoms with Gasteiger partial charge in [-0.05, 0) is 47.2 Å². The van der Waals surface area contributed by atoms with Crippen LogP contribution in [0.2, 0.25) is 0 Å². The zero-order chi connectivity index (χ0) is 17.5. The van der Waals surface area contributed by atoms with Gasteiger partial charge in [0.25, 0.3) is 0 Å². The molecule has 3 aromatic rings. The van der Waals surface area contributed by atoms with Crippen molar-refractivity contribution in [3.63, 3.8) is 0 Å². The van der Waals surface area contributed by atoms with Crippen LogP contribution in [0.15, 0.2) is 47.8 Å². The number of hydrogen-bond donors (Lipinski definition) is 0. The van der Waals surface area contributed by atoms with Crippen molar-refractivity contribution < 1.29 is 25.8 Å². The Balaban J connectivity index is 1.95. The fourth-order valence-electron chi connectivity index (χ4n) is 2.32. The molecular weight excluding hydrogens is 361 g/mol. The van der Waals surface area contributed by atoms with Gasteiger partial charge in [0.15, 0.2) is 0 Å². The van der Waals surface area contributed by atoms with Gasteiger partial charge in [-0.2, -0.15) is 21.6 Å². The van der Waals surface area contributed by atoms with Crippen molar-refractivity contribution in [3.05, 3.63) is 53.4 Å². The molecule has 0 fully saturated rings. The molecule has 0 bridgehead atoms. The van der Waals surface area contributed by atoms with Crippen LogP contribution in [0.4, 0.5) is 13.2 Å². The molecule has 0 saturated heterocycles. The second-order valence-corrected chi connectivity index (χ2v) is 7.55. The molecule has 0 aliphatic heterocycles. The van der Waals surface area contributed by atoms with Crippen LogP contribution in [0.1, 0.15) is 5.56 Å². The molecule has 126 valence electrons. The Bertz CT molecular complexity index is 988. The molecule has 0 atom stereocenters. The molecule has 0 aliphatic rings. The molecule has 2 aromatic carbocycles. The number of thiophene rings is 1. The summed E-state index contributed by atoms with van der Waals surface area (Å²) in [5, 5.41) is 3.01. The Kier molecular flexibility index (Phi) is 4.05. The largest absolute Gasteiger partial charge is 0.534 e. The van der Waals surface area contributed by atoms with Crippen LogP contribution in [0.3, 0.4) is 0 Å². The van der Waals surface area contributed by atoms with Crippen molar-refractivity contribution in [1.29, 1.82) is 0 Å². The fourth-order valence-corrected chi connectivity index (χ4v) is 3.67. The molecule has 0 spiro atoms. The summed E-state index contributed by atoms with van der Waals surface area (Å²) in [4.78, 5) is 0. The predicted molar refractivity (Wildman–Crippen MR) is 87.6 cm³/mol. The minimum Gasteiger partial charge on any atom is -0.376 e. The smallest absolute Gasteiger partial charge is 0.376 e. The van der Waals surface area contributed by atoms with Crippen molar-refractivity contribution >= 4 is 31.5 Å². The van der Waals surface area contributed by atoms with Crippen LogP contribution in [-0.4, -0.2) is 13.9 Å². The zero-order valence-corrected chi connectivity index (χ0v) is 13.9. The minimum absolute atomic E-state index is 0.384. The molecule has 0 saturated carbocycles. The van der Waals surface area contributed by atoms with Crippen molar-refractivity contribution in [1.82, 2.24) is 0 Å². The number of benzene rings is 2. The van der Waals surface area contributed by atoms with E-state index in [0.29, 0.717) is 0 Å². The highest BCUT2D eigenvalue weighted by molar-refractivity contribution is 7.88. The van der Waals surface area contributed by atoms with Crippen LogP contribution < -0.4 is 4.18 Å². The Hall–Kier alpha value is -2.06. The van der Waals surface area contributed by atoms with Gasteiger partial charge >= 0.3 is 15.6 Å². The molecule has 0 N–H and O–H groups in total. The Labute approximate surface area is 140 Å². The van der Waals surface area contributed by atoms with Gasteiger partial charge in [-0.15, -0.1) is 11.3 Å². The second kappa shape index (κ2) is 5.78. The summed E-state index contributed by atoms with van der Waals surface area (Å²) in [5.41, 5.74) is -2.64. The van der Waals surface area contributed by atoms with E-state index < -0.39 is 15.6 Å². The first kappa shape index (κ1) is 16.8. The summed E-state index contributed by atoms with van der Waals surface area (Å²) < 4.78 is 64.2. The Morgan fingerprint density at radius 3 is 2.29 bits per heavy atom. The number of fused-ring (bicyclic) bond motifs is 1.